The molecule has 2 aliphatic heterocycles. The molecule has 13 heteroatoms. The SMILES string of the molecule is O=C1CCC(N2C(=O)c3ccc(NC[C@H]4C[C@H](n5cc(-c6ncc(F)cc6C6=CCN(C(=O)OCc7ccccc7)CC6)c(C6CC6)n5)C4)cc3C2=O)C(=O)C1. The first kappa shape index (κ1) is 35.7. The van der Waals surface area contributed by atoms with E-state index in [1.165, 1.54) is 12.3 Å². The summed E-state index contributed by atoms with van der Waals surface area (Å²) in [6.45, 7) is 1.68. The number of carbonyl (C=O) groups excluding carboxylic acids is 5. The summed E-state index contributed by atoms with van der Waals surface area (Å²) in [4.78, 5) is 70.7. The van der Waals surface area contributed by atoms with Crippen molar-refractivity contribution in [3.8, 4) is 11.3 Å². The number of hydrogen-bond donors (Lipinski definition) is 1. The normalized spacial score (nSPS) is 22.2. The molecule has 286 valence electrons. The van der Waals surface area contributed by atoms with E-state index in [1.807, 2.05) is 41.1 Å². The van der Waals surface area contributed by atoms with Crippen LogP contribution in [0.3, 0.4) is 0 Å². The largest absolute Gasteiger partial charge is 0.445 e. The molecule has 3 amide bonds. The molecule has 2 aromatic heterocycles. The van der Waals surface area contributed by atoms with Crippen LogP contribution in [0.1, 0.15) is 101 Å². The zero-order valence-electron chi connectivity index (χ0n) is 30.8. The summed E-state index contributed by atoms with van der Waals surface area (Å²) >= 11 is 0. The maximum Gasteiger partial charge on any atom is 0.410 e. The molecule has 4 aromatic rings. The number of anilines is 1. The molecule has 0 radical (unpaired) electrons. The fourth-order valence-electron chi connectivity index (χ4n) is 8.35. The van der Waals surface area contributed by atoms with Gasteiger partial charge in [0, 0.05) is 55.0 Å². The predicted molar refractivity (Wildman–Crippen MR) is 203 cm³/mol. The summed E-state index contributed by atoms with van der Waals surface area (Å²) in [7, 11) is 0. The highest BCUT2D eigenvalue weighted by atomic mass is 19.1. The molecule has 56 heavy (non-hydrogen) atoms. The summed E-state index contributed by atoms with van der Waals surface area (Å²) in [6, 6.07) is 15.5. The number of carbonyl (C=O) groups is 5. The second kappa shape index (κ2) is 14.6. The molecule has 1 unspecified atom stereocenters. The van der Waals surface area contributed by atoms with Crippen LogP contribution in [0.15, 0.2) is 73.1 Å². The van der Waals surface area contributed by atoms with E-state index < -0.39 is 23.7 Å². The maximum atomic E-state index is 14.8. The van der Waals surface area contributed by atoms with Crippen LogP contribution >= 0.6 is 0 Å². The summed E-state index contributed by atoms with van der Waals surface area (Å²) in [5.74, 6) is -1.26. The summed E-state index contributed by atoms with van der Waals surface area (Å²) < 4.78 is 22.3. The molecule has 4 heterocycles. The highest BCUT2D eigenvalue weighted by Gasteiger charge is 2.44. The van der Waals surface area contributed by atoms with Gasteiger partial charge in [0.15, 0.2) is 5.78 Å². The summed E-state index contributed by atoms with van der Waals surface area (Å²) in [5, 5.41) is 8.51. The summed E-state index contributed by atoms with van der Waals surface area (Å²) in [5.41, 5.74) is 6.45. The lowest BCUT2D eigenvalue weighted by molar-refractivity contribution is -0.132. The van der Waals surface area contributed by atoms with Crippen LogP contribution in [0.4, 0.5) is 14.9 Å². The standard InChI is InChI=1S/C43H41FN6O6/c44-29-18-34(27-12-14-48(15-13-27)43(55)56-24-25-4-2-1-3-5-25)40(46-22-29)36-23-49(47-39(36)28-6-7-28)31-16-26(17-31)21-45-30-8-10-33-35(19-30)42(54)50(41(33)53)37-11-9-32(51)20-38(37)52/h1-5,8,10,12,18-19,22-23,26,28,31,37,45H,6-7,9,11,13-17,20-21,24H2/t26-,31-,37?. The van der Waals surface area contributed by atoms with Crippen LogP contribution in [0.25, 0.3) is 16.8 Å². The molecule has 2 aromatic carbocycles. The van der Waals surface area contributed by atoms with Gasteiger partial charge in [-0.15, -0.1) is 0 Å². The zero-order valence-corrected chi connectivity index (χ0v) is 30.8. The van der Waals surface area contributed by atoms with Crippen LogP contribution in [-0.4, -0.2) is 79.7 Å². The second-order valence-corrected chi connectivity index (χ2v) is 15.5. The first-order valence-corrected chi connectivity index (χ1v) is 19.4. The second-order valence-electron chi connectivity index (χ2n) is 15.5. The molecule has 3 saturated carbocycles. The number of ketones is 2. The molecule has 9 rings (SSSR count). The third-order valence-corrected chi connectivity index (χ3v) is 11.7. The number of fused-ring (bicyclic) bond motifs is 1. The fourth-order valence-corrected chi connectivity index (χ4v) is 8.35. The third kappa shape index (κ3) is 6.90. The van der Waals surface area contributed by atoms with Crippen molar-refractivity contribution in [1.82, 2.24) is 24.6 Å². The van der Waals surface area contributed by atoms with Gasteiger partial charge in [-0.1, -0.05) is 36.4 Å². The quantitative estimate of drug-likeness (QED) is 0.138. The molecule has 1 N–H and O–H groups in total. The van der Waals surface area contributed by atoms with Gasteiger partial charge in [0.1, 0.15) is 18.2 Å². The number of halogens is 1. The van der Waals surface area contributed by atoms with Crippen molar-refractivity contribution < 1.29 is 33.1 Å². The fraction of sp³-hybridized carbons (Fsp3) is 0.372. The van der Waals surface area contributed by atoms with E-state index in [1.54, 1.807) is 23.1 Å². The lowest BCUT2D eigenvalue weighted by atomic mass is 9.80. The van der Waals surface area contributed by atoms with E-state index >= 15 is 0 Å². The highest BCUT2D eigenvalue weighted by Crippen LogP contribution is 2.47. The minimum Gasteiger partial charge on any atom is -0.445 e. The number of pyridine rings is 1. The Balaban J connectivity index is 0.845. The number of aromatic nitrogens is 3. The Morgan fingerprint density at radius 2 is 1.71 bits per heavy atom. The number of ether oxygens (including phenoxy) is 1. The van der Waals surface area contributed by atoms with Crippen molar-refractivity contribution in [3.63, 3.8) is 0 Å². The number of rotatable bonds is 10. The van der Waals surface area contributed by atoms with Crippen molar-refractivity contribution in [2.75, 3.05) is 25.0 Å². The Labute approximate surface area is 322 Å². The minimum atomic E-state index is -0.893. The van der Waals surface area contributed by atoms with Crippen molar-refractivity contribution in [1.29, 1.82) is 0 Å². The first-order chi connectivity index (χ1) is 27.2. The van der Waals surface area contributed by atoms with Crippen LogP contribution in [-0.2, 0) is 20.9 Å². The van der Waals surface area contributed by atoms with E-state index in [0.29, 0.717) is 43.6 Å². The number of Topliss-reactive ketones (excluding diaryl/α,β-unsaturated/α-hetero) is 2. The van der Waals surface area contributed by atoms with Crippen molar-refractivity contribution in [2.45, 2.75) is 76.0 Å². The molecular weight excluding hydrogens is 716 g/mol. The Morgan fingerprint density at radius 3 is 2.46 bits per heavy atom. The number of benzene rings is 2. The number of hydrogen-bond acceptors (Lipinski definition) is 9. The number of imide groups is 1. The molecule has 12 nitrogen and oxygen atoms in total. The predicted octanol–water partition coefficient (Wildman–Crippen LogP) is 6.74. The Bertz CT molecular complexity index is 2290. The monoisotopic (exact) mass is 756 g/mol. The van der Waals surface area contributed by atoms with E-state index in [0.717, 1.165) is 64.2 Å². The Morgan fingerprint density at radius 1 is 0.911 bits per heavy atom. The maximum absolute atomic E-state index is 14.8. The van der Waals surface area contributed by atoms with Crippen molar-refractivity contribution in [3.05, 3.63) is 107 Å². The molecule has 0 saturated heterocycles. The van der Waals surface area contributed by atoms with Gasteiger partial charge < -0.3 is 15.0 Å². The van der Waals surface area contributed by atoms with Gasteiger partial charge in [-0.2, -0.15) is 5.10 Å². The lowest BCUT2D eigenvalue weighted by Crippen LogP contribution is -2.47. The van der Waals surface area contributed by atoms with E-state index in [2.05, 4.69) is 16.5 Å². The van der Waals surface area contributed by atoms with E-state index in [-0.39, 0.29) is 60.7 Å². The van der Waals surface area contributed by atoms with Gasteiger partial charge in [-0.25, -0.2) is 9.18 Å². The smallest absolute Gasteiger partial charge is 0.410 e. The number of nitrogens with one attached hydrogen (secondary N) is 1. The number of amides is 3. The van der Waals surface area contributed by atoms with Gasteiger partial charge >= 0.3 is 6.09 Å². The molecule has 3 fully saturated rings. The molecule has 0 spiro atoms. The van der Waals surface area contributed by atoms with Gasteiger partial charge in [0.25, 0.3) is 11.8 Å². The number of nitrogens with zero attached hydrogens (tertiary/aromatic N) is 5. The average Bonchev–Trinajstić information content (AvgIpc) is 3.90. The van der Waals surface area contributed by atoms with Crippen LogP contribution < -0.4 is 5.32 Å². The molecule has 0 bridgehead atoms. The van der Waals surface area contributed by atoms with Crippen LogP contribution in [0.5, 0.6) is 0 Å². The molecule has 1 atom stereocenters. The van der Waals surface area contributed by atoms with Crippen LogP contribution in [0, 0.1) is 11.7 Å². The zero-order chi connectivity index (χ0) is 38.5. The average molecular weight is 757 g/mol. The van der Waals surface area contributed by atoms with Crippen molar-refractivity contribution >= 4 is 40.7 Å². The van der Waals surface area contributed by atoms with Gasteiger partial charge in [-0.05, 0) is 79.8 Å². The highest BCUT2D eigenvalue weighted by molar-refractivity contribution is 6.24. The topological polar surface area (TPSA) is 144 Å². The van der Waals surface area contributed by atoms with Crippen LogP contribution in [0.2, 0.25) is 0 Å². The third-order valence-electron chi connectivity index (χ3n) is 11.7. The van der Waals surface area contributed by atoms with E-state index in [4.69, 9.17) is 9.84 Å². The van der Waals surface area contributed by atoms with Gasteiger partial charge in [0.05, 0.1) is 47.2 Å². The molecule has 5 aliphatic rings. The Kier molecular flexibility index (Phi) is 9.30. The van der Waals surface area contributed by atoms with E-state index in [9.17, 15) is 28.4 Å². The molecular formula is C43H41FN6O6. The Hall–Kier alpha value is -5.98. The summed E-state index contributed by atoms with van der Waals surface area (Å²) in [6.07, 6.45) is 9.42. The van der Waals surface area contributed by atoms with Crippen molar-refractivity contribution in [2.24, 2.45) is 5.92 Å². The lowest BCUT2D eigenvalue weighted by Gasteiger charge is -2.35. The molecule has 3 aliphatic carbocycles. The van der Waals surface area contributed by atoms with Gasteiger partial charge in [-0.3, -0.25) is 33.7 Å². The minimum absolute atomic E-state index is 0.162. The first-order valence-electron chi connectivity index (χ1n) is 19.4. The van der Waals surface area contributed by atoms with Gasteiger partial charge in [0.2, 0.25) is 0 Å².